The number of amides is 1. The highest BCUT2D eigenvalue weighted by atomic mass is 16.1. The third kappa shape index (κ3) is 1.70. The molecule has 0 radical (unpaired) electrons. The molecule has 2 aliphatic heterocycles. The van der Waals surface area contributed by atoms with E-state index in [0.29, 0.717) is 12.1 Å². The molecule has 2 rings (SSSR count). The Morgan fingerprint density at radius 3 is 3.00 bits per heavy atom. The largest absolute Gasteiger partial charge is 0.354 e. The summed E-state index contributed by atoms with van der Waals surface area (Å²) in [5.74, 6) is 0.244. The fourth-order valence-corrected chi connectivity index (χ4v) is 2.59. The van der Waals surface area contributed by atoms with Crippen LogP contribution >= 0.6 is 0 Å². The standard InChI is InChI=1S/C10H18N2O/c1-2-5-12-8-3-4-9(12)7-11-10(13)6-8/h8-9H,2-7H2,1H3,(H,11,13)/t8-,9-/m1/s1. The summed E-state index contributed by atoms with van der Waals surface area (Å²) >= 11 is 0. The number of nitrogens with one attached hydrogen (secondary N) is 1. The Morgan fingerprint density at radius 1 is 1.46 bits per heavy atom. The molecule has 2 bridgehead atoms. The number of nitrogens with zero attached hydrogens (tertiary/aromatic N) is 1. The molecule has 0 unspecified atom stereocenters. The molecule has 2 heterocycles. The molecule has 2 fully saturated rings. The summed E-state index contributed by atoms with van der Waals surface area (Å²) in [4.78, 5) is 13.8. The van der Waals surface area contributed by atoms with Gasteiger partial charge in [0.25, 0.3) is 0 Å². The molecular weight excluding hydrogens is 164 g/mol. The second kappa shape index (κ2) is 3.66. The Bertz CT molecular complexity index is 205. The summed E-state index contributed by atoms with van der Waals surface area (Å²) in [5, 5.41) is 2.98. The Kier molecular flexibility index (Phi) is 2.54. The summed E-state index contributed by atoms with van der Waals surface area (Å²) in [6.45, 7) is 4.24. The Balaban J connectivity index is 2.06. The number of carbonyl (C=O) groups is 1. The summed E-state index contributed by atoms with van der Waals surface area (Å²) in [7, 11) is 0. The lowest BCUT2D eigenvalue weighted by Gasteiger charge is -2.26. The molecule has 3 heteroatoms. The van der Waals surface area contributed by atoms with Crippen molar-refractivity contribution in [3.63, 3.8) is 0 Å². The second-order valence-electron chi connectivity index (χ2n) is 4.13. The number of rotatable bonds is 2. The zero-order valence-electron chi connectivity index (χ0n) is 8.25. The van der Waals surface area contributed by atoms with E-state index in [-0.39, 0.29) is 5.91 Å². The minimum Gasteiger partial charge on any atom is -0.354 e. The molecule has 74 valence electrons. The monoisotopic (exact) mass is 182 g/mol. The van der Waals surface area contributed by atoms with E-state index in [1.54, 1.807) is 0 Å². The fourth-order valence-electron chi connectivity index (χ4n) is 2.59. The molecule has 1 N–H and O–H groups in total. The Labute approximate surface area is 79.5 Å². The summed E-state index contributed by atoms with van der Waals surface area (Å²) in [6.07, 6.45) is 4.40. The van der Waals surface area contributed by atoms with Crippen molar-refractivity contribution in [2.75, 3.05) is 13.1 Å². The van der Waals surface area contributed by atoms with Gasteiger partial charge in [0.1, 0.15) is 0 Å². The summed E-state index contributed by atoms with van der Waals surface area (Å²) in [5.41, 5.74) is 0. The maximum absolute atomic E-state index is 11.3. The summed E-state index contributed by atoms with van der Waals surface area (Å²) < 4.78 is 0. The van der Waals surface area contributed by atoms with Crippen LogP contribution in [0.2, 0.25) is 0 Å². The predicted molar refractivity (Wildman–Crippen MR) is 51.4 cm³/mol. The van der Waals surface area contributed by atoms with E-state index in [2.05, 4.69) is 17.1 Å². The van der Waals surface area contributed by atoms with Crippen molar-refractivity contribution in [1.29, 1.82) is 0 Å². The van der Waals surface area contributed by atoms with Crippen LogP contribution in [0.4, 0.5) is 0 Å². The van der Waals surface area contributed by atoms with Gasteiger partial charge in [-0.25, -0.2) is 0 Å². The lowest BCUT2D eigenvalue weighted by molar-refractivity contribution is -0.121. The van der Waals surface area contributed by atoms with Crippen LogP contribution in [0.1, 0.15) is 32.6 Å². The van der Waals surface area contributed by atoms with Gasteiger partial charge in [-0.3, -0.25) is 9.69 Å². The molecule has 13 heavy (non-hydrogen) atoms. The zero-order chi connectivity index (χ0) is 9.26. The normalized spacial score (nSPS) is 34.4. The van der Waals surface area contributed by atoms with Crippen molar-refractivity contribution in [3.05, 3.63) is 0 Å². The fraction of sp³-hybridized carbons (Fsp3) is 0.900. The van der Waals surface area contributed by atoms with E-state index >= 15 is 0 Å². The lowest BCUT2D eigenvalue weighted by Crippen LogP contribution is -2.38. The van der Waals surface area contributed by atoms with E-state index in [4.69, 9.17) is 0 Å². The van der Waals surface area contributed by atoms with Gasteiger partial charge >= 0.3 is 0 Å². The first-order valence-electron chi connectivity index (χ1n) is 5.33. The summed E-state index contributed by atoms with van der Waals surface area (Å²) in [6, 6.07) is 1.16. The van der Waals surface area contributed by atoms with Crippen LogP contribution in [0.5, 0.6) is 0 Å². The first kappa shape index (κ1) is 9.00. The van der Waals surface area contributed by atoms with Crippen LogP contribution in [0.25, 0.3) is 0 Å². The maximum atomic E-state index is 11.3. The molecular formula is C10H18N2O. The van der Waals surface area contributed by atoms with Gasteiger partial charge in [0, 0.05) is 25.0 Å². The molecule has 0 aliphatic carbocycles. The predicted octanol–water partition coefficient (Wildman–Crippen LogP) is 0.749. The SMILES string of the molecule is CCCN1[C@@H]2CC[C@@H]1CC(=O)NC2. The van der Waals surface area contributed by atoms with Crippen molar-refractivity contribution < 1.29 is 4.79 Å². The molecule has 2 saturated heterocycles. The Hall–Kier alpha value is -0.570. The van der Waals surface area contributed by atoms with Crippen LogP contribution in [0, 0.1) is 0 Å². The van der Waals surface area contributed by atoms with E-state index in [9.17, 15) is 4.79 Å². The molecule has 0 aromatic heterocycles. The maximum Gasteiger partial charge on any atom is 0.221 e. The van der Waals surface area contributed by atoms with Crippen LogP contribution in [0.15, 0.2) is 0 Å². The molecule has 0 aromatic carbocycles. The highest BCUT2D eigenvalue weighted by Gasteiger charge is 2.36. The quantitative estimate of drug-likeness (QED) is 0.683. The lowest BCUT2D eigenvalue weighted by atomic mass is 10.1. The number of hydrogen-bond acceptors (Lipinski definition) is 2. The first-order chi connectivity index (χ1) is 6.31. The number of hydrogen-bond donors (Lipinski definition) is 1. The Morgan fingerprint density at radius 2 is 2.23 bits per heavy atom. The van der Waals surface area contributed by atoms with E-state index in [1.165, 1.54) is 19.3 Å². The number of fused-ring (bicyclic) bond motifs is 2. The van der Waals surface area contributed by atoms with Crippen molar-refractivity contribution >= 4 is 5.91 Å². The van der Waals surface area contributed by atoms with Gasteiger partial charge in [0.2, 0.25) is 5.91 Å². The van der Waals surface area contributed by atoms with Crippen LogP contribution < -0.4 is 5.32 Å². The second-order valence-corrected chi connectivity index (χ2v) is 4.13. The molecule has 0 spiro atoms. The van der Waals surface area contributed by atoms with Gasteiger partial charge in [-0.2, -0.15) is 0 Å². The van der Waals surface area contributed by atoms with Crippen LogP contribution in [-0.2, 0) is 4.79 Å². The smallest absolute Gasteiger partial charge is 0.221 e. The van der Waals surface area contributed by atoms with Crippen molar-refractivity contribution in [1.82, 2.24) is 10.2 Å². The third-order valence-electron chi connectivity index (χ3n) is 3.21. The van der Waals surface area contributed by atoms with Gasteiger partial charge in [0.15, 0.2) is 0 Å². The topological polar surface area (TPSA) is 32.3 Å². The minimum atomic E-state index is 0.244. The van der Waals surface area contributed by atoms with Gasteiger partial charge in [0.05, 0.1) is 0 Å². The highest BCUT2D eigenvalue weighted by Crippen LogP contribution is 2.27. The number of carbonyl (C=O) groups excluding carboxylic acids is 1. The third-order valence-corrected chi connectivity index (χ3v) is 3.21. The zero-order valence-corrected chi connectivity index (χ0v) is 8.25. The van der Waals surface area contributed by atoms with E-state index in [1.807, 2.05) is 0 Å². The molecule has 0 aromatic rings. The first-order valence-corrected chi connectivity index (χ1v) is 5.33. The van der Waals surface area contributed by atoms with Crippen molar-refractivity contribution in [3.8, 4) is 0 Å². The highest BCUT2D eigenvalue weighted by molar-refractivity contribution is 5.77. The van der Waals surface area contributed by atoms with Crippen molar-refractivity contribution in [2.45, 2.75) is 44.7 Å². The molecule has 2 atom stereocenters. The van der Waals surface area contributed by atoms with Crippen molar-refractivity contribution in [2.24, 2.45) is 0 Å². The molecule has 2 aliphatic rings. The van der Waals surface area contributed by atoms with E-state index < -0.39 is 0 Å². The molecule has 1 amide bonds. The van der Waals surface area contributed by atoms with E-state index in [0.717, 1.165) is 19.5 Å². The van der Waals surface area contributed by atoms with Gasteiger partial charge in [-0.05, 0) is 25.8 Å². The van der Waals surface area contributed by atoms with Crippen LogP contribution in [0.3, 0.4) is 0 Å². The average molecular weight is 182 g/mol. The van der Waals surface area contributed by atoms with Gasteiger partial charge in [-0.1, -0.05) is 6.92 Å². The molecule has 3 nitrogen and oxygen atoms in total. The average Bonchev–Trinajstić information content (AvgIpc) is 2.37. The van der Waals surface area contributed by atoms with Gasteiger partial charge < -0.3 is 5.32 Å². The minimum absolute atomic E-state index is 0.244. The molecule has 0 saturated carbocycles. The van der Waals surface area contributed by atoms with Crippen LogP contribution in [-0.4, -0.2) is 36.0 Å². The van der Waals surface area contributed by atoms with Gasteiger partial charge in [-0.15, -0.1) is 0 Å².